The average molecular weight is 478 g/mol. The molecule has 0 aliphatic heterocycles. The maximum Gasteiger partial charge on any atom is 0.244 e. The Balaban J connectivity index is 2.46. The molecular weight excluding hydrogens is 445 g/mol. The number of amides is 2. The Bertz CT molecular complexity index is 1090. The van der Waals surface area contributed by atoms with E-state index in [1.54, 1.807) is 45.0 Å². The minimum absolute atomic E-state index is 0.0408. The van der Waals surface area contributed by atoms with Gasteiger partial charge in [0.25, 0.3) is 0 Å². The van der Waals surface area contributed by atoms with Crippen LogP contribution >= 0.6 is 0 Å². The molecular formula is C24H32FN3O4S. The molecule has 0 heterocycles. The Morgan fingerprint density at radius 2 is 1.70 bits per heavy atom. The molecule has 0 saturated heterocycles. The molecule has 2 amide bonds. The molecule has 33 heavy (non-hydrogen) atoms. The first-order chi connectivity index (χ1) is 15.5. The number of hydrogen-bond donors (Lipinski definition) is 1. The molecule has 0 fully saturated rings. The highest BCUT2D eigenvalue weighted by Gasteiger charge is 2.31. The number of likely N-dealkylation sites (N-methyl/N-ethyl adjacent to an activating group) is 1. The second-order valence-electron chi connectivity index (χ2n) is 8.03. The molecule has 0 unspecified atom stereocenters. The van der Waals surface area contributed by atoms with Gasteiger partial charge in [0, 0.05) is 13.1 Å². The van der Waals surface area contributed by atoms with Crippen molar-refractivity contribution in [2.45, 2.75) is 46.7 Å². The van der Waals surface area contributed by atoms with Gasteiger partial charge in [-0.3, -0.25) is 13.9 Å². The van der Waals surface area contributed by atoms with Crippen LogP contribution in [0.3, 0.4) is 0 Å². The van der Waals surface area contributed by atoms with Crippen LogP contribution in [0.4, 0.5) is 10.1 Å². The van der Waals surface area contributed by atoms with Gasteiger partial charge in [-0.1, -0.05) is 31.2 Å². The summed E-state index contributed by atoms with van der Waals surface area (Å²) in [5, 5.41) is 2.73. The van der Waals surface area contributed by atoms with Gasteiger partial charge in [-0.15, -0.1) is 0 Å². The highest BCUT2D eigenvalue weighted by molar-refractivity contribution is 7.92. The van der Waals surface area contributed by atoms with Crippen LogP contribution in [0.25, 0.3) is 0 Å². The predicted molar refractivity (Wildman–Crippen MR) is 128 cm³/mol. The van der Waals surface area contributed by atoms with Crippen molar-refractivity contribution in [3.63, 3.8) is 0 Å². The van der Waals surface area contributed by atoms with Crippen LogP contribution in [0.1, 0.15) is 37.0 Å². The van der Waals surface area contributed by atoms with Gasteiger partial charge in [-0.25, -0.2) is 12.8 Å². The molecule has 0 aromatic heterocycles. The van der Waals surface area contributed by atoms with Crippen molar-refractivity contribution in [2.24, 2.45) is 0 Å². The number of hydrogen-bond acceptors (Lipinski definition) is 4. The van der Waals surface area contributed by atoms with Crippen LogP contribution in [0.15, 0.2) is 42.5 Å². The topological polar surface area (TPSA) is 86.8 Å². The normalized spacial score (nSPS) is 12.2. The van der Waals surface area contributed by atoms with Crippen molar-refractivity contribution < 1.29 is 22.4 Å². The zero-order chi connectivity index (χ0) is 24.8. The summed E-state index contributed by atoms with van der Waals surface area (Å²) in [7, 11) is -3.79. The quantitative estimate of drug-likeness (QED) is 0.570. The van der Waals surface area contributed by atoms with Crippen LogP contribution < -0.4 is 9.62 Å². The molecule has 2 aromatic rings. The fourth-order valence-corrected chi connectivity index (χ4v) is 4.48. The summed E-state index contributed by atoms with van der Waals surface area (Å²) in [6.07, 6.45) is 1.38. The zero-order valence-electron chi connectivity index (χ0n) is 19.8. The highest BCUT2D eigenvalue weighted by Crippen LogP contribution is 2.25. The number of rotatable bonds is 10. The molecule has 1 N–H and O–H groups in total. The maximum atomic E-state index is 13.5. The largest absolute Gasteiger partial charge is 0.355 e. The summed E-state index contributed by atoms with van der Waals surface area (Å²) >= 11 is 0. The molecule has 1 atom stereocenters. The Labute approximate surface area is 195 Å². The van der Waals surface area contributed by atoms with E-state index >= 15 is 0 Å². The number of sulfonamides is 1. The number of carbonyl (C=O) groups excluding carboxylic acids is 2. The Hall–Kier alpha value is -2.94. The molecule has 7 nitrogen and oxygen atoms in total. The fourth-order valence-electron chi connectivity index (χ4n) is 3.58. The first-order valence-electron chi connectivity index (χ1n) is 10.8. The molecule has 0 saturated carbocycles. The third-order valence-electron chi connectivity index (χ3n) is 5.32. The standard InChI is InChI=1S/C24H32FN3O4S/c1-6-21(24(30)26-7-2)27(15-19-10-12-20(25)13-11-19)23(29)16-28(33(5,31)32)22-14-17(3)8-9-18(22)4/h8-14,21H,6-7,15-16H2,1-5H3,(H,26,30)/t21-/m0/s1. The van der Waals surface area contributed by atoms with E-state index in [-0.39, 0.29) is 12.5 Å². The lowest BCUT2D eigenvalue weighted by Gasteiger charge is -2.33. The lowest BCUT2D eigenvalue weighted by Crippen LogP contribution is -2.52. The van der Waals surface area contributed by atoms with Gasteiger partial charge in [0.15, 0.2) is 0 Å². The molecule has 0 radical (unpaired) electrons. The van der Waals surface area contributed by atoms with Crippen molar-refractivity contribution in [3.05, 3.63) is 65.0 Å². The van der Waals surface area contributed by atoms with Crippen LogP contribution in [-0.4, -0.2) is 50.5 Å². The van der Waals surface area contributed by atoms with Crippen molar-refractivity contribution in [3.8, 4) is 0 Å². The lowest BCUT2D eigenvalue weighted by atomic mass is 10.1. The number of halogens is 1. The predicted octanol–water partition coefficient (Wildman–Crippen LogP) is 3.15. The summed E-state index contributed by atoms with van der Waals surface area (Å²) in [6, 6.07) is 10.2. The molecule has 0 spiro atoms. The van der Waals surface area contributed by atoms with Gasteiger partial charge in [0.1, 0.15) is 18.4 Å². The number of carbonyl (C=O) groups is 2. The zero-order valence-corrected chi connectivity index (χ0v) is 20.6. The van der Waals surface area contributed by atoms with Crippen LogP contribution in [-0.2, 0) is 26.2 Å². The Morgan fingerprint density at radius 1 is 1.06 bits per heavy atom. The van der Waals surface area contributed by atoms with E-state index in [4.69, 9.17) is 0 Å². The van der Waals surface area contributed by atoms with Gasteiger partial charge in [0.05, 0.1) is 11.9 Å². The summed E-state index contributed by atoms with van der Waals surface area (Å²) < 4.78 is 39.8. The van der Waals surface area contributed by atoms with Gasteiger partial charge in [-0.2, -0.15) is 0 Å². The monoisotopic (exact) mass is 477 g/mol. The number of anilines is 1. The summed E-state index contributed by atoms with van der Waals surface area (Å²) in [6.45, 7) is 7.16. The van der Waals surface area contributed by atoms with E-state index in [0.29, 0.717) is 29.8 Å². The molecule has 0 aliphatic carbocycles. The fraction of sp³-hybridized carbons (Fsp3) is 0.417. The van der Waals surface area contributed by atoms with Crippen LogP contribution in [0.5, 0.6) is 0 Å². The third-order valence-corrected chi connectivity index (χ3v) is 6.44. The van der Waals surface area contributed by atoms with E-state index in [2.05, 4.69) is 5.32 Å². The smallest absolute Gasteiger partial charge is 0.244 e. The van der Waals surface area contributed by atoms with Gasteiger partial charge < -0.3 is 10.2 Å². The number of nitrogens with one attached hydrogen (secondary N) is 1. The van der Waals surface area contributed by atoms with E-state index in [9.17, 15) is 22.4 Å². The maximum absolute atomic E-state index is 13.5. The first kappa shape index (κ1) is 26.3. The Kier molecular flexibility index (Phi) is 8.99. The van der Waals surface area contributed by atoms with Crippen molar-refractivity contribution in [2.75, 3.05) is 23.7 Å². The van der Waals surface area contributed by atoms with Gasteiger partial charge in [0.2, 0.25) is 21.8 Å². The molecule has 0 bridgehead atoms. The molecule has 2 rings (SSSR count). The van der Waals surface area contributed by atoms with Crippen molar-refractivity contribution >= 4 is 27.5 Å². The van der Waals surface area contributed by atoms with Crippen molar-refractivity contribution in [1.29, 1.82) is 0 Å². The van der Waals surface area contributed by atoms with Crippen LogP contribution in [0.2, 0.25) is 0 Å². The van der Waals surface area contributed by atoms with E-state index < -0.39 is 34.3 Å². The molecule has 180 valence electrons. The second-order valence-corrected chi connectivity index (χ2v) is 9.93. The SMILES string of the molecule is CCNC(=O)[C@H](CC)N(Cc1ccc(F)cc1)C(=O)CN(c1cc(C)ccc1C)S(C)(=O)=O. The average Bonchev–Trinajstić information content (AvgIpc) is 2.74. The molecule has 9 heteroatoms. The summed E-state index contributed by atoms with van der Waals surface area (Å²) in [5.74, 6) is -1.26. The Morgan fingerprint density at radius 3 is 2.24 bits per heavy atom. The summed E-state index contributed by atoms with van der Waals surface area (Å²) in [5.41, 5.74) is 2.61. The highest BCUT2D eigenvalue weighted by atomic mass is 32.2. The second kappa shape index (κ2) is 11.3. The molecule has 0 aliphatic rings. The number of nitrogens with zero attached hydrogens (tertiary/aromatic N) is 2. The first-order valence-corrected chi connectivity index (χ1v) is 12.7. The summed E-state index contributed by atoms with van der Waals surface area (Å²) in [4.78, 5) is 27.6. The van der Waals surface area contributed by atoms with E-state index in [1.165, 1.54) is 17.0 Å². The molecule has 2 aromatic carbocycles. The van der Waals surface area contributed by atoms with E-state index in [1.807, 2.05) is 13.0 Å². The number of aryl methyl sites for hydroxylation is 2. The van der Waals surface area contributed by atoms with Gasteiger partial charge in [-0.05, 0) is 62.1 Å². The van der Waals surface area contributed by atoms with E-state index in [0.717, 1.165) is 16.1 Å². The van der Waals surface area contributed by atoms with Crippen LogP contribution in [0, 0.1) is 19.7 Å². The van der Waals surface area contributed by atoms with Gasteiger partial charge >= 0.3 is 0 Å². The third kappa shape index (κ3) is 7.02. The number of benzene rings is 2. The van der Waals surface area contributed by atoms with Crippen molar-refractivity contribution in [1.82, 2.24) is 10.2 Å². The minimum Gasteiger partial charge on any atom is -0.355 e. The lowest BCUT2D eigenvalue weighted by molar-refractivity contribution is -0.140. The minimum atomic E-state index is -3.79.